The van der Waals surface area contributed by atoms with Gasteiger partial charge in [0, 0.05) is 19.6 Å². The van der Waals surface area contributed by atoms with Crippen molar-refractivity contribution in [2.24, 2.45) is 0 Å². The zero-order valence-corrected chi connectivity index (χ0v) is 21.4. The molecule has 0 unspecified atom stereocenters. The number of hydrogen-bond donors (Lipinski definition) is 1. The number of benzene rings is 2. The fourth-order valence-electron chi connectivity index (χ4n) is 4.60. The minimum atomic E-state index is -0.132. The van der Waals surface area contributed by atoms with E-state index in [9.17, 15) is 4.79 Å². The van der Waals surface area contributed by atoms with E-state index >= 15 is 0 Å². The lowest BCUT2D eigenvalue weighted by Crippen LogP contribution is -2.30. The van der Waals surface area contributed by atoms with Gasteiger partial charge < -0.3 is 10.1 Å². The van der Waals surface area contributed by atoms with E-state index < -0.39 is 0 Å². The number of rotatable bonds is 12. The van der Waals surface area contributed by atoms with Crippen molar-refractivity contribution in [3.05, 3.63) is 83.2 Å². The Morgan fingerprint density at radius 2 is 1.89 bits per heavy atom. The Kier molecular flexibility index (Phi) is 9.27. The number of nitrogens with zero attached hydrogens (tertiary/aromatic N) is 4. The third kappa shape index (κ3) is 6.82. The van der Waals surface area contributed by atoms with Crippen LogP contribution in [-0.4, -0.2) is 59.1 Å². The van der Waals surface area contributed by atoms with Crippen LogP contribution in [0, 0.1) is 0 Å². The molecule has 1 N–H and O–H groups in total. The zero-order chi connectivity index (χ0) is 25.2. The lowest BCUT2D eigenvalue weighted by atomic mass is 9.99. The molecule has 0 radical (unpaired) electrons. The molecule has 0 fully saturated rings. The molecule has 3 aromatic rings. The first kappa shape index (κ1) is 25.6. The molecule has 0 aliphatic carbocycles. The van der Waals surface area contributed by atoms with Crippen molar-refractivity contribution in [1.82, 2.24) is 25.2 Å². The summed E-state index contributed by atoms with van der Waals surface area (Å²) in [4.78, 5) is 15.3. The summed E-state index contributed by atoms with van der Waals surface area (Å²) in [5.74, 6) is 0.688. The Morgan fingerprint density at radius 1 is 1.08 bits per heavy atom. The molecule has 4 rings (SSSR count). The molecular weight excluding hydrogens is 450 g/mol. The third-order valence-electron chi connectivity index (χ3n) is 6.66. The van der Waals surface area contributed by atoms with Gasteiger partial charge in [0.25, 0.3) is 5.91 Å². The summed E-state index contributed by atoms with van der Waals surface area (Å²) in [6, 6.07) is 18.5. The second-order valence-electron chi connectivity index (χ2n) is 9.25. The van der Waals surface area contributed by atoms with Gasteiger partial charge in [0.05, 0.1) is 19.3 Å². The summed E-state index contributed by atoms with van der Waals surface area (Å²) in [5, 5.41) is 11.6. The van der Waals surface area contributed by atoms with Crippen LogP contribution >= 0.6 is 0 Å². The van der Waals surface area contributed by atoms with Gasteiger partial charge in [-0.1, -0.05) is 67.1 Å². The minimum Gasteiger partial charge on any atom is -0.497 e. The summed E-state index contributed by atoms with van der Waals surface area (Å²) in [6.07, 6.45) is 7.13. The van der Waals surface area contributed by atoms with Gasteiger partial charge in [-0.3, -0.25) is 9.69 Å². The van der Waals surface area contributed by atoms with Crippen LogP contribution in [0.3, 0.4) is 0 Å². The van der Waals surface area contributed by atoms with Gasteiger partial charge in [0.15, 0.2) is 5.69 Å². The van der Waals surface area contributed by atoms with Gasteiger partial charge in [-0.05, 0) is 61.1 Å². The van der Waals surface area contributed by atoms with Crippen molar-refractivity contribution in [1.29, 1.82) is 0 Å². The third-order valence-corrected chi connectivity index (χ3v) is 6.66. The molecule has 2 heterocycles. The van der Waals surface area contributed by atoms with Crippen molar-refractivity contribution < 1.29 is 9.53 Å². The molecule has 7 heteroatoms. The smallest absolute Gasteiger partial charge is 0.273 e. The van der Waals surface area contributed by atoms with Crippen LogP contribution in [0.4, 0.5) is 0 Å². The Hall–Kier alpha value is -3.45. The van der Waals surface area contributed by atoms with Crippen molar-refractivity contribution in [3.63, 3.8) is 0 Å². The molecule has 2 aromatic carbocycles. The quantitative estimate of drug-likeness (QED) is 0.379. The maximum atomic E-state index is 12.9. The van der Waals surface area contributed by atoms with Crippen LogP contribution in [0.1, 0.15) is 59.9 Å². The zero-order valence-electron chi connectivity index (χ0n) is 21.4. The number of aromatic nitrogens is 3. The number of ether oxygens (including phenoxy) is 1. The topological polar surface area (TPSA) is 72.3 Å². The van der Waals surface area contributed by atoms with Gasteiger partial charge in [0.2, 0.25) is 0 Å². The van der Waals surface area contributed by atoms with Crippen LogP contribution in [0.5, 0.6) is 5.75 Å². The summed E-state index contributed by atoms with van der Waals surface area (Å²) in [5.41, 5.74) is 5.21. The Labute approximate surface area is 214 Å². The molecule has 190 valence electrons. The van der Waals surface area contributed by atoms with E-state index in [0.717, 1.165) is 68.7 Å². The molecular formula is C29H37N5O2. The maximum Gasteiger partial charge on any atom is 0.273 e. The number of nitrogens with one attached hydrogen (secondary N) is 1. The summed E-state index contributed by atoms with van der Waals surface area (Å²) in [7, 11) is 1.66. The highest BCUT2D eigenvalue weighted by atomic mass is 16.5. The van der Waals surface area contributed by atoms with Crippen LogP contribution in [0.25, 0.3) is 5.57 Å². The van der Waals surface area contributed by atoms with Gasteiger partial charge in [0.1, 0.15) is 5.75 Å². The van der Waals surface area contributed by atoms with E-state index in [1.54, 1.807) is 7.11 Å². The van der Waals surface area contributed by atoms with Crippen LogP contribution < -0.4 is 10.1 Å². The molecule has 0 atom stereocenters. The molecule has 1 aliphatic heterocycles. The molecule has 0 saturated carbocycles. The van der Waals surface area contributed by atoms with E-state index in [1.165, 1.54) is 11.1 Å². The molecule has 0 saturated heterocycles. The standard InChI is InChI=1S/C29H37N5O2/c1-3-9-27-28(31-32-34(27)22-23-12-14-26(36-2)15-13-23)29(35)30-18-7-8-19-33-20-16-25(17-21-33)24-10-5-4-6-11-24/h4-6,10-16H,3,7-9,17-22H2,1-2H3,(H,30,35). The Bertz CT molecular complexity index is 1140. The second kappa shape index (κ2) is 13.0. The number of carbonyl (C=O) groups is 1. The predicted molar refractivity (Wildman–Crippen MR) is 143 cm³/mol. The predicted octanol–water partition coefficient (Wildman–Crippen LogP) is 4.59. The summed E-state index contributed by atoms with van der Waals surface area (Å²) < 4.78 is 7.08. The fraction of sp³-hybridized carbons (Fsp3) is 0.414. The van der Waals surface area contributed by atoms with E-state index in [2.05, 4.69) is 63.9 Å². The highest BCUT2D eigenvalue weighted by Gasteiger charge is 2.19. The average molecular weight is 488 g/mol. The molecule has 7 nitrogen and oxygen atoms in total. The first-order valence-electron chi connectivity index (χ1n) is 13.0. The maximum absolute atomic E-state index is 12.9. The van der Waals surface area contributed by atoms with Crippen molar-refractivity contribution in [2.45, 2.75) is 45.6 Å². The van der Waals surface area contributed by atoms with Crippen LogP contribution in [-0.2, 0) is 13.0 Å². The van der Waals surface area contributed by atoms with E-state index in [0.29, 0.717) is 18.8 Å². The largest absolute Gasteiger partial charge is 0.497 e. The normalized spacial score (nSPS) is 13.9. The van der Waals surface area contributed by atoms with E-state index in [4.69, 9.17) is 4.74 Å². The van der Waals surface area contributed by atoms with E-state index in [-0.39, 0.29) is 5.91 Å². The highest BCUT2D eigenvalue weighted by molar-refractivity contribution is 5.93. The average Bonchev–Trinajstić information content (AvgIpc) is 3.32. The number of unbranched alkanes of at least 4 members (excludes halogenated alkanes) is 1. The number of carbonyl (C=O) groups excluding carboxylic acids is 1. The second-order valence-corrected chi connectivity index (χ2v) is 9.25. The number of hydrogen-bond acceptors (Lipinski definition) is 5. The molecule has 1 aliphatic rings. The van der Waals surface area contributed by atoms with Gasteiger partial charge in [-0.2, -0.15) is 0 Å². The van der Waals surface area contributed by atoms with Crippen molar-refractivity contribution in [2.75, 3.05) is 33.3 Å². The van der Waals surface area contributed by atoms with E-state index in [1.807, 2.05) is 28.9 Å². The Morgan fingerprint density at radius 3 is 2.58 bits per heavy atom. The Balaban J connectivity index is 1.22. The van der Waals surface area contributed by atoms with Gasteiger partial charge >= 0.3 is 0 Å². The van der Waals surface area contributed by atoms with Crippen molar-refractivity contribution >= 4 is 11.5 Å². The molecule has 0 bridgehead atoms. The molecule has 0 spiro atoms. The molecule has 1 aromatic heterocycles. The first-order valence-corrected chi connectivity index (χ1v) is 13.0. The number of methoxy groups -OCH3 is 1. The molecule has 1 amide bonds. The minimum absolute atomic E-state index is 0.132. The molecule has 36 heavy (non-hydrogen) atoms. The summed E-state index contributed by atoms with van der Waals surface area (Å²) >= 11 is 0. The monoisotopic (exact) mass is 487 g/mol. The lowest BCUT2D eigenvalue weighted by molar-refractivity contribution is 0.0946. The fourth-order valence-corrected chi connectivity index (χ4v) is 4.60. The highest BCUT2D eigenvalue weighted by Crippen LogP contribution is 2.22. The SMILES string of the molecule is CCCc1c(C(=O)NCCCCN2CC=C(c3ccccc3)CC2)nnn1Cc1ccc(OC)cc1. The van der Waals surface area contributed by atoms with Gasteiger partial charge in [-0.25, -0.2) is 4.68 Å². The van der Waals surface area contributed by atoms with Crippen LogP contribution in [0.15, 0.2) is 60.7 Å². The van der Waals surface area contributed by atoms with Crippen LogP contribution in [0.2, 0.25) is 0 Å². The van der Waals surface area contributed by atoms with Crippen molar-refractivity contribution in [3.8, 4) is 5.75 Å². The summed E-state index contributed by atoms with van der Waals surface area (Å²) in [6.45, 7) is 6.46. The van der Waals surface area contributed by atoms with Gasteiger partial charge in [-0.15, -0.1) is 5.10 Å². The lowest BCUT2D eigenvalue weighted by Gasteiger charge is -2.26. The number of amides is 1. The first-order chi connectivity index (χ1) is 17.7.